The van der Waals surface area contributed by atoms with Gasteiger partial charge in [-0.1, -0.05) is 0 Å². The number of H-pyrrole nitrogens is 1. The number of anilines is 1. The second kappa shape index (κ2) is 11.0. The van der Waals surface area contributed by atoms with Crippen LogP contribution in [0.2, 0.25) is 0 Å². The molecule has 0 aromatic carbocycles. The van der Waals surface area contributed by atoms with Gasteiger partial charge in [0.15, 0.2) is 41.3 Å². The first kappa shape index (κ1) is 30.6. The van der Waals surface area contributed by atoms with E-state index < -0.39 is 82.9 Å². The van der Waals surface area contributed by atoms with Crippen LogP contribution in [0.4, 0.5) is 10.2 Å². The van der Waals surface area contributed by atoms with Gasteiger partial charge in [-0.2, -0.15) is 0 Å². The number of nitrogen functional groups attached to an aromatic ring is 1. The summed E-state index contributed by atoms with van der Waals surface area (Å²) in [6, 6.07) is 0. The number of halogens is 1. The van der Waals surface area contributed by atoms with Gasteiger partial charge >= 0.3 is 0 Å². The molecule has 0 spiro atoms. The predicted molar refractivity (Wildman–Crippen MR) is 150 cm³/mol. The van der Waals surface area contributed by atoms with Crippen LogP contribution in [-0.4, -0.2) is 109 Å². The third-order valence-electron chi connectivity index (χ3n) is 7.44. The van der Waals surface area contributed by atoms with Crippen LogP contribution in [0.15, 0.2) is 23.8 Å². The maximum absolute atomic E-state index is 16.0. The monoisotopic (exact) mass is 663 g/mol. The molecule has 4 unspecified atom stereocenters. The molecular formula is C21H22B2FN9O10P2. The van der Waals surface area contributed by atoms with Crippen LogP contribution in [0, 0.1) is 6.92 Å². The molecule has 0 amide bonds. The Balaban J connectivity index is 1.17. The lowest BCUT2D eigenvalue weighted by atomic mass is 10.1. The van der Waals surface area contributed by atoms with Crippen molar-refractivity contribution in [3.05, 3.63) is 35.2 Å². The lowest BCUT2D eigenvalue weighted by Crippen LogP contribution is -2.38. The highest BCUT2D eigenvalue weighted by Gasteiger charge is 2.53. The molecule has 4 N–H and O–H groups in total. The summed E-state index contributed by atoms with van der Waals surface area (Å²) in [7, 11) is 2.60. The van der Waals surface area contributed by atoms with Gasteiger partial charge in [-0.3, -0.25) is 23.1 Å². The highest BCUT2D eigenvalue weighted by molar-refractivity contribution is 7.79. The summed E-state index contributed by atoms with van der Waals surface area (Å²) in [4.78, 5) is 35.1. The van der Waals surface area contributed by atoms with Gasteiger partial charge in [-0.25, -0.2) is 29.3 Å². The number of aliphatic hydroxyl groups excluding tert-OH is 1. The fourth-order valence-corrected chi connectivity index (χ4v) is 7.45. The molecule has 4 aromatic heterocycles. The molecule has 234 valence electrons. The van der Waals surface area contributed by atoms with Crippen molar-refractivity contribution in [2.24, 2.45) is 0 Å². The van der Waals surface area contributed by atoms with Crippen molar-refractivity contribution in [3.63, 3.8) is 0 Å². The second-order valence-corrected chi connectivity index (χ2v) is 13.5. The van der Waals surface area contributed by atoms with Crippen molar-refractivity contribution in [2.75, 3.05) is 18.9 Å². The summed E-state index contributed by atoms with van der Waals surface area (Å²) in [5, 5.41) is 11.2. The van der Waals surface area contributed by atoms with Gasteiger partial charge in [-0.05, 0) is 6.92 Å². The Kier molecular flexibility index (Phi) is 7.50. The molecule has 19 nitrogen and oxygen atoms in total. The van der Waals surface area contributed by atoms with Gasteiger partial charge in [0, 0.05) is 0 Å². The van der Waals surface area contributed by atoms with Crippen LogP contribution < -0.4 is 11.3 Å². The number of aromatic amines is 1. The van der Waals surface area contributed by atoms with E-state index in [1.165, 1.54) is 24.1 Å². The average Bonchev–Trinajstić information content (AvgIpc) is 3.72. The lowest BCUT2D eigenvalue weighted by Gasteiger charge is -2.30. The molecule has 7 heterocycles. The molecule has 4 radical (unpaired) electrons. The third-order valence-corrected chi connectivity index (χ3v) is 9.53. The number of nitrogens with two attached hydrogens (primary N) is 1. The maximum Gasteiger partial charge on any atom is 0.279 e. The minimum absolute atomic E-state index is 0.00418. The summed E-state index contributed by atoms with van der Waals surface area (Å²) in [6.45, 7) is 0.146. The number of nitrogens with one attached hydrogen (secondary N) is 1. The van der Waals surface area contributed by atoms with E-state index in [-0.39, 0.29) is 34.0 Å². The SMILES string of the molecule is [B]P1(=O)OC[C@H]2O[C@@H](n3cnc4c(N)ncnc43)C(O)[C@H]2OP([B])(=O)OC[C@H]2O[C@@H](n3cnc4c(=O)[nH]c(C)nc43)[C@@H](F)C2O1. The molecule has 3 fully saturated rings. The summed E-state index contributed by atoms with van der Waals surface area (Å²) in [5.41, 5.74) is 5.61. The number of hydrogen-bond donors (Lipinski definition) is 3. The van der Waals surface area contributed by atoms with Crippen LogP contribution in [0.25, 0.3) is 22.3 Å². The number of aryl methyl sites for hydroxylation is 1. The van der Waals surface area contributed by atoms with E-state index in [0.717, 1.165) is 10.9 Å². The summed E-state index contributed by atoms with van der Waals surface area (Å²) < 4.78 is 78.4. The quantitative estimate of drug-likeness (QED) is 0.184. The molecule has 7 rings (SSSR count). The van der Waals surface area contributed by atoms with Gasteiger partial charge < -0.3 is 43.4 Å². The number of fused-ring (bicyclic) bond motifs is 4. The van der Waals surface area contributed by atoms with Crippen molar-refractivity contribution in [1.82, 2.24) is 39.0 Å². The molecule has 0 aliphatic carbocycles. The molecular weight excluding hydrogens is 641 g/mol. The van der Waals surface area contributed by atoms with E-state index in [2.05, 4.69) is 29.9 Å². The number of aromatic nitrogens is 8. The Morgan fingerprint density at radius 2 is 1.56 bits per heavy atom. The normalized spacial score (nSPS) is 37.7. The van der Waals surface area contributed by atoms with Gasteiger partial charge in [0.1, 0.15) is 48.2 Å². The van der Waals surface area contributed by atoms with Crippen molar-refractivity contribution < 1.29 is 46.2 Å². The van der Waals surface area contributed by atoms with Gasteiger partial charge in [0.05, 0.1) is 25.9 Å². The van der Waals surface area contributed by atoms with Crippen molar-refractivity contribution >= 4 is 58.2 Å². The minimum Gasteiger partial charge on any atom is -0.386 e. The number of rotatable bonds is 2. The number of imidazole rings is 2. The largest absolute Gasteiger partial charge is 0.386 e. The van der Waals surface area contributed by atoms with Gasteiger partial charge in [0.25, 0.3) is 20.5 Å². The molecule has 0 bridgehead atoms. The first-order chi connectivity index (χ1) is 21.3. The molecule has 10 atom stereocenters. The molecule has 4 aromatic rings. The van der Waals surface area contributed by atoms with Crippen molar-refractivity contribution in [2.45, 2.75) is 56.1 Å². The first-order valence-electron chi connectivity index (χ1n) is 13.2. The second-order valence-electron chi connectivity index (χ2n) is 10.4. The van der Waals surface area contributed by atoms with E-state index in [9.17, 15) is 19.0 Å². The van der Waals surface area contributed by atoms with E-state index >= 15 is 4.39 Å². The number of ether oxygens (including phenoxy) is 2. The smallest absolute Gasteiger partial charge is 0.279 e. The zero-order valence-electron chi connectivity index (χ0n) is 23.0. The Morgan fingerprint density at radius 3 is 2.27 bits per heavy atom. The predicted octanol–water partition coefficient (Wildman–Crippen LogP) is -0.286. The molecule has 0 saturated carbocycles. The maximum atomic E-state index is 16.0. The third kappa shape index (κ3) is 5.43. The highest BCUT2D eigenvalue weighted by atomic mass is 31.2. The van der Waals surface area contributed by atoms with Gasteiger partial charge in [0.2, 0.25) is 15.1 Å². The van der Waals surface area contributed by atoms with Gasteiger partial charge in [-0.15, -0.1) is 0 Å². The Labute approximate surface area is 253 Å². The number of aliphatic hydroxyl groups is 1. The zero-order chi connectivity index (χ0) is 31.8. The van der Waals surface area contributed by atoms with E-state index in [0.29, 0.717) is 0 Å². The lowest BCUT2D eigenvalue weighted by molar-refractivity contribution is -0.0558. The first-order valence-corrected chi connectivity index (χ1v) is 16.5. The van der Waals surface area contributed by atoms with Crippen LogP contribution in [0.3, 0.4) is 0 Å². The molecule has 24 heteroatoms. The highest BCUT2D eigenvalue weighted by Crippen LogP contribution is 2.53. The number of nitrogens with zero attached hydrogens (tertiary/aromatic N) is 7. The van der Waals surface area contributed by atoms with E-state index in [1.54, 1.807) is 0 Å². The molecule has 3 aliphatic heterocycles. The standard InChI is InChI=1S/C21H22B2FN9O10P2/c1-7-30-18-12(19(35)31-7)29-6-33(18)20-10(24)14-8(40-20)2-38-45(23,37)43-15-9(3-39-44(22,36)42-14)41-21(13(15)34)32-5-28-11-16(25)26-4-27-17(11)32/h4-6,8-10,13-15,20-21,34H,2-3H2,1H3,(H2,25,26,27)(H,30,31,35)/t8-,9-,10+,13?,14?,15+,20-,21-,44?,45?/m1/s1. The Hall–Kier alpha value is -3.06. The van der Waals surface area contributed by atoms with Crippen molar-refractivity contribution in [3.8, 4) is 0 Å². The fourth-order valence-electron chi connectivity index (χ4n) is 5.42. The van der Waals surface area contributed by atoms with Crippen LogP contribution in [0.1, 0.15) is 18.3 Å². The molecule has 3 aliphatic rings. The fraction of sp³-hybridized carbons (Fsp3) is 0.524. The minimum atomic E-state index is -4.58. The Bertz CT molecular complexity index is 1950. The summed E-state index contributed by atoms with van der Waals surface area (Å²) >= 11 is 0. The zero-order valence-corrected chi connectivity index (χ0v) is 24.8. The van der Waals surface area contributed by atoms with E-state index in [4.69, 9.17) is 48.4 Å². The molecule has 3 saturated heterocycles. The summed E-state index contributed by atoms with van der Waals surface area (Å²) in [5.74, 6) is 0.298. The van der Waals surface area contributed by atoms with Crippen LogP contribution in [-0.2, 0) is 36.7 Å². The van der Waals surface area contributed by atoms with E-state index in [1.807, 2.05) is 0 Å². The average molecular weight is 663 g/mol. The van der Waals surface area contributed by atoms with Crippen LogP contribution >= 0.6 is 14.9 Å². The molecule has 45 heavy (non-hydrogen) atoms. The van der Waals surface area contributed by atoms with Crippen molar-refractivity contribution in [1.29, 1.82) is 0 Å². The van der Waals surface area contributed by atoms with Crippen LogP contribution in [0.5, 0.6) is 0 Å². The Morgan fingerprint density at radius 1 is 0.956 bits per heavy atom. The number of alkyl halides is 1. The topological polar surface area (TPSA) is 243 Å². The number of hydrogen-bond acceptors (Lipinski definition) is 16. The summed E-state index contributed by atoms with van der Waals surface area (Å²) in [6.07, 6.45) is -8.84.